The summed E-state index contributed by atoms with van der Waals surface area (Å²) in [5.74, 6) is -1.24. The minimum Gasteiger partial charge on any atom is -0.355 e. The van der Waals surface area contributed by atoms with Gasteiger partial charge in [0, 0.05) is 40.5 Å². The molecule has 7 heteroatoms. The Hall–Kier alpha value is -2.44. The quantitative estimate of drug-likeness (QED) is 0.872. The Bertz CT molecular complexity index is 663. The maximum Gasteiger partial charge on any atom is 0.225 e. The summed E-state index contributed by atoms with van der Waals surface area (Å²) in [5.41, 5.74) is 0.597. The van der Waals surface area contributed by atoms with Crippen molar-refractivity contribution in [3.05, 3.63) is 35.6 Å². The lowest BCUT2D eigenvalue weighted by Crippen LogP contribution is -2.46. The van der Waals surface area contributed by atoms with Crippen LogP contribution in [0.15, 0.2) is 24.3 Å². The number of hydrogen-bond acceptors (Lipinski definition) is 3. The lowest BCUT2D eigenvalue weighted by molar-refractivity contribution is -0.141. The highest BCUT2D eigenvalue weighted by Gasteiger charge is 2.38. The van der Waals surface area contributed by atoms with Crippen molar-refractivity contribution in [2.45, 2.75) is 25.3 Å². The molecule has 1 aliphatic heterocycles. The largest absolute Gasteiger partial charge is 0.355 e. The third-order valence-corrected chi connectivity index (χ3v) is 4.52. The normalized spacial score (nSPS) is 20.3. The van der Waals surface area contributed by atoms with Crippen LogP contribution in [-0.2, 0) is 14.4 Å². The third-order valence-electron chi connectivity index (χ3n) is 4.52. The van der Waals surface area contributed by atoms with Crippen LogP contribution in [0.3, 0.4) is 0 Å². The van der Waals surface area contributed by atoms with Gasteiger partial charge in [-0.1, -0.05) is 12.1 Å². The minimum absolute atomic E-state index is 0.0684. The molecule has 0 saturated carbocycles. The zero-order chi connectivity index (χ0) is 18.6. The van der Waals surface area contributed by atoms with E-state index < -0.39 is 17.8 Å². The molecule has 2 unspecified atom stereocenters. The second kappa shape index (κ2) is 8.09. The molecule has 0 radical (unpaired) electrons. The third kappa shape index (κ3) is 4.55. The van der Waals surface area contributed by atoms with Gasteiger partial charge in [0.05, 0.1) is 12.0 Å². The molecule has 1 aliphatic rings. The molecule has 0 aromatic heterocycles. The van der Waals surface area contributed by atoms with Gasteiger partial charge in [-0.3, -0.25) is 14.4 Å². The van der Waals surface area contributed by atoms with Crippen LogP contribution in [0, 0.1) is 11.7 Å². The number of benzene rings is 1. The minimum atomic E-state index is -0.512. The Morgan fingerprint density at radius 2 is 2.08 bits per heavy atom. The first kappa shape index (κ1) is 18.9. The SMILES string of the molecule is CN(C)C(=O)CCNC(=O)C1CCC(=O)N(C)C1c1cccc(F)c1. The van der Waals surface area contributed by atoms with Crippen LogP contribution < -0.4 is 5.32 Å². The van der Waals surface area contributed by atoms with Crippen molar-refractivity contribution in [1.29, 1.82) is 0 Å². The van der Waals surface area contributed by atoms with Gasteiger partial charge in [0.1, 0.15) is 5.82 Å². The fraction of sp³-hybridized carbons (Fsp3) is 0.500. The van der Waals surface area contributed by atoms with Crippen LogP contribution >= 0.6 is 0 Å². The first-order chi connectivity index (χ1) is 11.8. The van der Waals surface area contributed by atoms with Crippen molar-refractivity contribution in [2.75, 3.05) is 27.7 Å². The maximum atomic E-state index is 13.6. The molecule has 1 heterocycles. The topological polar surface area (TPSA) is 69.7 Å². The average Bonchev–Trinajstić information content (AvgIpc) is 2.56. The van der Waals surface area contributed by atoms with Crippen molar-refractivity contribution in [3.8, 4) is 0 Å². The van der Waals surface area contributed by atoms with Crippen LogP contribution in [0.2, 0.25) is 0 Å². The van der Waals surface area contributed by atoms with Gasteiger partial charge in [0.15, 0.2) is 0 Å². The standard InChI is InChI=1S/C18H24FN3O3/c1-21(2)15(23)9-10-20-18(25)14-7-8-16(24)22(3)17(14)12-5-4-6-13(19)11-12/h4-6,11,14,17H,7-10H2,1-3H3,(H,20,25). The number of piperidine rings is 1. The number of nitrogens with zero attached hydrogens (tertiary/aromatic N) is 2. The summed E-state index contributed by atoms with van der Waals surface area (Å²) < 4.78 is 13.6. The van der Waals surface area contributed by atoms with E-state index in [1.165, 1.54) is 21.9 Å². The zero-order valence-corrected chi connectivity index (χ0v) is 14.8. The number of likely N-dealkylation sites (tertiary alicyclic amines) is 1. The number of halogens is 1. The Kier molecular flexibility index (Phi) is 6.12. The molecule has 0 spiro atoms. The van der Waals surface area contributed by atoms with Crippen molar-refractivity contribution in [2.24, 2.45) is 5.92 Å². The van der Waals surface area contributed by atoms with Crippen LogP contribution in [0.1, 0.15) is 30.9 Å². The smallest absolute Gasteiger partial charge is 0.225 e. The molecular formula is C18H24FN3O3. The Morgan fingerprint density at radius 3 is 2.72 bits per heavy atom. The Morgan fingerprint density at radius 1 is 1.36 bits per heavy atom. The van der Waals surface area contributed by atoms with Gasteiger partial charge >= 0.3 is 0 Å². The summed E-state index contributed by atoms with van der Waals surface area (Å²) in [6.45, 7) is 0.236. The van der Waals surface area contributed by atoms with Gasteiger partial charge in [-0.05, 0) is 24.1 Å². The summed E-state index contributed by atoms with van der Waals surface area (Å²) in [7, 11) is 4.95. The van der Waals surface area contributed by atoms with Gasteiger partial charge in [-0.15, -0.1) is 0 Å². The molecule has 2 rings (SSSR count). The summed E-state index contributed by atoms with van der Waals surface area (Å²) in [6.07, 6.45) is 0.889. The van der Waals surface area contributed by atoms with Crippen LogP contribution in [0.5, 0.6) is 0 Å². The predicted octanol–water partition coefficient (Wildman–Crippen LogP) is 1.33. The summed E-state index contributed by atoms with van der Waals surface area (Å²) in [5, 5.41) is 2.77. The van der Waals surface area contributed by atoms with E-state index in [-0.39, 0.29) is 37.1 Å². The first-order valence-corrected chi connectivity index (χ1v) is 8.30. The van der Waals surface area contributed by atoms with Crippen molar-refractivity contribution in [1.82, 2.24) is 15.1 Å². The van der Waals surface area contributed by atoms with E-state index in [2.05, 4.69) is 5.32 Å². The molecule has 0 aliphatic carbocycles. The highest BCUT2D eigenvalue weighted by Crippen LogP contribution is 2.36. The van der Waals surface area contributed by atoms with Crippen molar-refractivity contribution >= 4 is 17.7 Å². The molecule has 1 fully saturated rings. The van der Waals surface area contributed by atoms with Crippen LogP contribution in [0.25, 0.3) is 0 Å². The number of nitrogens with one attached hydrogen (secondary N) is 1. The molecule has 3 amide bonds. The van der Waals surface area contributed by atoms with Gasteiger partial charge in [0.25, 0.3) is 0 Å². The number of hydrogen-bond donors (Lipinski definition) is 1. The zero-order valence-electron chi connectivity index (χ0n) is 14.8. The Balaban J connectivity index is 2.11. The van der Waals surface area contributed by atoms with E-state index in [0.717, 1.165) is 0 Å². The molecular weight excluding hydrogens is 325 g/mol. The molecule has 1 aromatic rings. The molecule has 2 atom stereocenters. The molecule has 1 aromatic carbocycles. The van der Waals surface area contributed by atoms with E-state index >= 15 is 0 Å². The summed E-state index contributed by atoms with van der Waals surface area (Å²) >= 11 is 0. The average molecular weight is 349 g/mol. The molecule has 25 heavy (non-hydrogen) atoms. The summed E-state index contributed by atoms with van der Waals surface area (Å²) in [6, 6.07) is 5.47. The molecule has 0 bridgehead atoms. The van der Waals surface area contributed by atoms with E-state index in [1.807, 2.05) is 0 Å². The number of amides is 3. The second-order valence-electron chi connectivity index (χ2n) is 6.48. The van der Waals surface area contributed by atoms with Gasteiger partial charge in [-0.2, -0.15) is 0 Å². The molecule has 6 nitrogen and oxygen atoms in total. The van der Waals surface area contributed by atoms with E-state index in [1.54, 1.807) is 33.3 Å². The Labute approximate surface area is 147 Å². The monoisotopic (exact) mass is 349 g/mol. The fourth-order valence-corrected chi connectivity index (χ4v) is 3.11. The highest BCUT2D eigenvalue weighted by atomic mass is 19.1. The van der Waals surface area contributed by atoms with E-state index in [4.69, 9.17) is 0 Å². The first-order valence-electron chi connectivity index (χ1n) is 8.30. The van der Waals surface area contributed by atoms with E-state index in [9.17, 15) is 18.8 Å². The van der Waals surface area contributed by atoms with Crippen molar-refractivity contribution in [3.63, 3.8) is 0 Å². The molecule has 1 N–H and O–H groups in total. The highest BCUT2D eigenvalue weighted by molar-refractivity contribution is 5.85. The molecule has 1 saturated heterocycles. The van der Waals surface area contributed by atoms with Crippen LogP contribution in [0.4, 0.5) is 4.39 Å². The predicted molar refractivity (Wildman–Crippen MR) is 91.0 cm³/mol. The number of carbonyl (C=O) groups is 3. The van der Waals surface area contributed by atoms with Gasteiger partial charge in [-0.25, -0.2) is 4.39 Å². The maximum absolute atomic E-state index is 13.6. The second-order valence-corrected chi connectivity index (χ2v) is 6.48. The number of carbonyl (C=O) groups excluding carboxylic acids is 3. The van der Waals surface area contributed by atoms with Crippen molar-refractivity contribution < 1.29 is 18.8 Å². The molecule has 136 valence electrons. The fourth-order valence-electron chi connectivity index (χ4n) is 3.11. The van der Waals surface area contributed by atoms with E-state index in [0.29, 0.717) is 12.0 Å². The van der Waals surface area contributed by atoms with Gasteiger partial charge in [0.2, 0.25) is 17.7 Å². The summed E-state index contributed by atoms with van der Waals surface area (Å²) in [4.78, 5) is 39.2. The van der Waals surface area contributed by atoms with Gasteiger partial charge < -0.3 is 15.1 Å². The number of rotatable bonds is 5. The van der Waals surface area contributed by atoms with Crippen LogP contribution in [-0.4, -0.2) is 55.2 Å². The lowest BCUT2D eigenvalue weighted by atomic mass is 9.84. The lowest BCUT2D eigenvalue weighted by Gasteiger charge is -2.38.